The number of hydrogen-bond donors (Lipinski definition) is 1. The van der Waals surface area contributed by atoms with Crippen LogP contribution in [0.3, 0.4) is 0 Å². The van der Waals surface area contributed by atoms with Crippen LogP contribution in [0, 0.1) is 6.92 Å². The molecule has 0 amide bonds. The summed E-state index contributed by atoms with van der Waals surface area (Å²) >= 11 is 3.59. The molecule has 0 unspecified atom stereocenters. The van der Waals surface area contributed by atoms with Crippen LogP contribution in [0.4, 0.5) is 0 Å². The minimum absolute atomic E-state index is 0.764. The minimum atomic E-state index is 0.764. The predicted molar refractivity (Wildman–Crippen MR) is 67.4 cm³/mol. The van der Waals surface area contributed by atoms with Crippen molar-refractivity contribution in [2.75, 3.05) is 13.7 Å². The minimum Gasteiger partial charge on any atom is -0.495 e. The summed E-state index contributed by atoms with van der Waals surface area (Å²) in [6.07, 6.45) is 3.25. The van der Waals surface area contributed by atoms with Gasteiger partial charge in [-0.15, -0.1) is 0 Å². The van der Waals surface area contributed by atoms with Gasteiger partial charge < -0.3 is 10.5 Å². The molecule has 0 atom stereocenters. The molecular weight excluding hydrogens is 254 g/mol. The zero-order valence-electron chi connectivity index (χ0n) is 9.35. The predicted octanol–water partition coefficient (Wildman–Crippen LogP) is 3.05. The van der Waals surface area contributed by atoms with Gasteiger partial charge in [0, 0.05) is 0 Å². The van der Waals surface area contributed by atoms with E-state index in [1.165, 1.54) is 5.56 Å². The van der Waals surface area contributed by atoms with E-state index in [1.807, 2.05) is 6.92 Å². The summed E-state index contributed by atoms with van der Waals surface area (Å²) in [5.41, 5.74) is 7.93. The molecule has 2 nitrogen and oxygen atoms in total. The van der Waals surface area contributed by atoms with Gasteiger partial charge in [-0.25, -0.2) is 0 Å². The van der Waals surface area contributed by atoms with Crippen molar-refractivity contribution in [2.45, 2.75) is 26.2 Å². The molecule has 1 rings (SSSR count). The van der Waals surface area contributed by atoms with E-state index in [2.05, 4.69) is 28.1 Å². The fourth-order valence-electron chi connectivity index (χ4n) is 1.60. The maximum absolute atomic E-state index is 5.47. The average Bonchev–Trinajstić information content (AvgIpc) is 2.22. The quantitative estimate of drug-likeness (QED) is 0.836. The van der Waals surface area contributed by atoms with Gasteiger partial charge in [-0.2, -0.15) is 0 Å². The third kappa shape index (κ3) is 3.21. The van der Waals surface area contributed by atoms with Crippen LogP contribution >= 0.6 is 15.9 Å². The molecule has 15 heavy (non-hydrogen) atoms. The van der Waals surface area contributed by atoms with Crippen molar-refractivity contribution in [2.24, 2.45) is 5.73 Å². The molecule has 3 heteroatoms. The van der Waals surface area contributed by atoms with Crippen molar-refractivity contribution < 1.29 is 4.74 Å². The van der Waals surface area contributed by atoms with Crippen molar-refractivity contribution in [3.63, 3.8) is 0 Å². The van der Waals surface area contributed by atoms with Crippen LogP contribution in [0.2, 0.25) is 0 Å². The van der Waals surface area contributed by atoms with E-state index < -0.39 is 0 Å². The van der Waals surface area contributed by atoms with Crippen molar-refractivity contribution in [3.05, 3.63) is 27.7 Å². The highest BCUT2D eigenvalue weighted by Gasteiger charge is 2.08. The molecular formula is C12H18BrNO. The van der Waals surface area contributed by atoms with Gasteiger partial charge in [0.25, 0.3) is 0 Å². The van der Waals surface area contributed by atoms with Gasteiger partial charge in [0.2, 0.25) is 0 Å². The Morgan fingerprint density at radius 2 is 2.07 bits per heavy atom. The largest absolute Gasteiger partial charge is 0.495 e. The Morgan fingerprint density at radius 3 is 2.67 bits per heavy atom. The third-order valence-electron chi connectivity index (χ3n) is 2.48. The number of aryl methyl sites for hydroxylation is 2. The monoisotopic (exact) mass is 271 g/mol. The first-order valence-corrected chi connectivity index (χ1v) is 6.02. The number of nitrogens with two attached hydrogens (primary N) is 1. The molecule has 0 aliphatic heterocycles. The zero-order valence-corrected chi connectivity index (χ0v) is 10.9. The summed E-state index contributed by atoms with van der Waals surface area (Å²) < 4.78 is 6.44. The Balaban J connectivity index is 2.80. The fourth-order valence-corrected chi connectivity index (χ4v) is 2.40. The number of ether oxygens (including phenoxy) is 1. The van der Waals surface area contributed by atoms with Gasteiger partial charge in [0.15, 0.2) is 0 Å². The van der Waals surface area contributed by atoms with E-state index in [1.54, 1.807) is 7.11 Å². The van der Waals surface area contributed by atoms with Gasteiger partial charge >= 0.3 is 0 Å². The smallest absolute Gasteiger partial charge is 0.136 e. The second-order valence-electron chi connectivity index (χ2n) is 3.63. The molecule has 84 valence electrons. The Hall–Kier alpha value is -0.540. The van der Waals surface area contributed by atoms with Crippen LogP contribution in [-0.2, 0) is 6.42 Å². The van der Waals surface area contributed by atoms with E-state index >= 15 is 0 Å². The Morgan fingerprint density at radius 1 is 1.33 bits per heavy atom. The van der Waals surface area contributed by atoms with Gasteiger partial charge in [-0.1, -0.05) is 12.1 Å². The van der Waals surface area contributed by atoms with Crippen molar-refractivity contribution in [1.29, 1.82) is 0 Å². The molecule has 0 aromatic heterocycles. The van der Waals surface area contributed by atoms with E-state index in [0.29, 0.717) is 0 Å². The lowest BCUT2D eigenvalue weighted by Crippen LogP contribution is -2.00. The molecule has 0 fully saturated rings. The Labute approximate surface area is 99.9 Å². The number of methoxy groups -OCH3 is 1. The highest BCUT2D eigenvalue weighted by Crippen LogP contribution is 2.32. The number of hydrogen-bond acceptors (Lipinski definition) is 2. The van der Waals surface area contributed by atoms with Gasteiger partial charge in [-0.3, -0.25) is 0 Å². The maximum Gasteiger partial charge on any atom is 0.136 e. The Kier molecular flexibility index (Phi) is 5.12. The third-order valence-corrected chi connectivity index (χ3v) is 3.35. The first-order valence-electron chi connectivity index (χ1n) is 5.22. The first kappa shape index (κ1) is 12.5. The SMILES string of the molecule is COc1c(C)ccc(CCCCN)c1Br. The van der Waals surface area contributed by atoms with E-state index in [-0.39, 0.29) is 0 Å². The number of benzene rings is 1. The van der Waals surface area contributed by atoms with Gasteiger partial charge in [0.05, 0.1) is 11.6 Å². The molecule has 0 aliphatic carbocycles. The summed E-state index contributed by atoms with van der Waals surface area (Å²) in [6.45, 7) is 2.81. The topological polar surface area (TPSA) is 35.2 Å². The molecule has 0 bridgehead atoms. The second kappa shape index (κ2) is 6.13. The van der Waals surface area contributed by atoms with Crippen LogP contribution in [0.5, 0.6) is 5.75 Å². The summed E-state index contributed by atoms with van der Waals surface area (Å²) in [5, 5.41) is 0. The molecule has 0 saturated carbocycles. The highest BCUT2D eigenvalue weighted by molar-refractivity contribution is 9.10. The van der Waals surface area contributed by atoms with Crippen molar-refractivity contribution >= 4 is 15.9 Å². The van der Waals surface area contributed by atoms with Crippen LogP contribution in [0.15, 0.2) is 16.6 Å². The van der Waals surface area contributed by atoms with E-state index in [9.17, 15) is 0 Å². The summed E-state index contributed by atoms with van der Waals surface area (Å²) in [7, 11) is 1.71. The van der Waals surface area contributed by atoms with Crippen LogP contribution in [-0.4, -0.2) is 13.7 Å². The molecule has 1 aromatic rings. The second-order valence-corrected chi connectivity index (χ2v) is 4.43. The molecule has 0 saturated heterocycles. The molecule has 0 heterocycles. The number of halogens is 1. The van der Waals surface area contributed by atoms with E-state index in [4.69, 9.17) is 10.5 Å². The molecule has 0 aliphatic rings. The normalized spacial score (nSPS) is 10.4. The Bertz CT molecular complexity index is 326. The lowest BCUT2D eigenvalue weighted by molar-refractivity contribution is 0.408. The van der Waals surface area contributed by atoms with Gasteiger partial charge in [-0.05, 0) is 59.8 Å². The zero-order chi connectivity index (χ0) is 11.3. The fraction of sp³-hybridized carbons (Fsp3) is 0.500. The van der Waals surface area contributed by atoms with Gasteiger partial charge in [0.1, 0.15) is 5.75 Å². The summed E-state index contributed by atoms with van der Waals surface area (Å²) in [5.74, 6) is 0.945. The average molecular weight is 272 g/mol. The molecule has 0 spiro atoms. The summed E-state index contributed by atoms with van der Waals surface area (Å²) in [6, 6.07) is 4.25. The van der Waals surface area contributed by atoms with Crippen LogP contribution < -0.4 is 10.5 Å². The standard InChI is InChI=1S/C12H18BrNO/c1-9-6-7-10(5-3-4-8-14)11(13)12(9)15-2/h6-7H,3-5,8,14H2,1-2H3. The highest BCUT2D eigenvalue weighted by atomic mass is 79.9. The van der Waals surface area contributed by atoms with Crippen LogP contribution in [0.1, 0.15) is 24.0 Å². The number of rotatable bonds is 5. The molecule has 0 radical (unpaired) electrons. The maximum atomic E-state index is 5.47. The lowest BCUT2D eigenvalue weighted by Gasteiger charge is -2.11. The molecule has 2 N–H and O–H groups in total. The van der Waals surface area contributed by atoms with Crippen LogP contribution in [0.25, 0.3) is 0 Å². The van der Waals surface area contributed by atoms with Crippen molar-refractivity contribution in [3.8, 4) is 5.75 Å². The van der Waals surface area contributed by atoms with E-state index in [0.717, 1.165) is 41.6 Å². The number of unbranched alkanes of at least 4 members (excludes halogenated alkanes) is 1. The molecule has 1 aromatic carbocycles. The summed E-state index contributed by atoms with van der Waals surface area (Å²) in [4.78, 5) is 0. The first-order chi connectivity index (χ1) is 7.20. The van der Waals surface area contributed by atoms with Crippen molar-refractivity contribution in [1.82, 2.24) is 0 Å². The lowest BCUT2D eigenvalue weighted by atomic mass is 10.1.